The average Bonchev–Trinajstić information content (AvgIpc) is 3.40. The highest BCUT2D eigenvalue weighted by Gasteiger charge is 2.12. The molecule has 0 unspecified atom stereocenters. The molecular weight excluding hydrogens is 889 g/mol. The third-order valence-corrected chi connectivity index (χ3v) is 11.8. The van der Waals surface area contributed by atoms with Crippen LogP contribution in [0.1, 0.15) is 159 Å². The molecule has 0 atom stereocenters. The highest BCUT2D eigenvalue weighted by atomic mass is 16.5. The fourth-order valence-electron chi connectivity index (χ4n) is 7.55. The van der Waals surface area contributed by atoms with Crippen LogP contribution in [0.4, 0.5) is 11.4 Å². The largest absolute Gasteiger partial charge is 0.494 e. The zero-order valence-electron chi connectivity index (χ0n) is 41.4. The smallest absolute Gasteiger partial charge is 0.343 e. The van der Waals surface area contributed by atoms with E-state index in [1.807, 2.05) is 0 Å². The van der Waals surface area contributed by atoms with Gasteiger partial charge in [0.2, 0.25) is 0 Å². The van der Waals surface area contributed by atoms with Crippen molar-refractivity contribution < 1.29 is 38.1 Å². The SMILES string of the molecule is CCCCCCCCCCOc1ccc(C(=O)Oc2ccc(N=Cc3ccc(OC(=O)c4ccc(C=Nc5ccc(OC(=O)c6ccc(OCCCCCCCCCC)cc6)cc5)cc4)cc3)cc2)cc1. The van der Waals surface area contributed by atoms with Crippen molar-refractivity contribution in [1.82, 2.24) is 0 Å². The molecule has 0 N–H and O–H groups in total. The maximum atomic E-state index is 12.9. The molecule has 0 spiro atoms. The second-order valence-corrected chi connectivity index (χ2v) is 17.6. The Morgan fingerprint density at radius 3 is 0.944 bits per heavy atom. The van der Waals surface area contributed by atoms with E-state index in [0.717, 1.165) is 35.5 Å². The molecule has 0 saturated carbocycles. The Labute approximate surface area is 420 Å². The lowest BCUT2D eigenvalue weighted by Gasteiger charge is -2.08. The Bertz CT molecular complexity index is 2550. The molecule has 0 aliphatic heterocycles. The van der Waals surface area contributed by atoms with Gasteiger partial charge >= 0.3 is 17.9 Å². The summed E-state index contributed by atoms with van der Waals surface area (Å²) >= 11 is 0. The minimum Gasteiger partial charge on any atom is -0.494 e. The zero-order valence-corrected chi connectivity index (χ0v) is 41.4. The molecule has 370 valence electrons. The summed E-state index contributed by atoms with van der Waals surface area (Å²) in [6, 6.07) is 41.8. The van der Waals surface area contributed by atoms with Crippen LogP contribution in [0.25, 0.3) is 0 Å². The standard InChI is InChI=1S/C61H68N2O8/c1-3-5-7-9-11-13-15-17-43-67-54-35-25-50(26-36-54)60(65)70-57-39-29-52(30-40-57)62-45-47-19-23-49(24-20-47)59(64)69-56-33-21-48(22-34-56)46-63-53-31-41-58(42-32-53)71-61(66)51-27-37-55(38-28-51)68-44-18-16-14-12-10-8-6-4-2/h19-42,45-46H,3-18,43-44H2,1-2H3. The number of benzene rings is 6. The molecule has 10 heteroatoms. The average molecular weight is 957 g/mol. The van der Waals surface area contributed by atoms with Gasteiger partial charge in [-0.3, -0.25) is 9.98 Å². The van der Waals surface area contributed by atoms with Gasteiger partial charge in [0.25, 0.3) is 0 Å². The Hall–Kier alpha value is -7.33. The van der Waals surface area contributed by atoms with Gasteiger partial charge in [0.15, 0.2) is 0 Å². The third kappa shape index (κ3) is 19.5. The molecule has 0 heterocycles. The lowest BCUT2D eigenvalue weighted by molar-refractivity contribution is 0.0725. The number of esters is 3. The first kappa shape index (κ1) is 53.0. The first-order valence-electron chi connectivity index (χ1n) is 25.5. The molecule has 0 saturated heterocycles. The topological polar surface area (TPSA) is 122 Å². The molecule has 0 aliphatic rings. The zero-order chi connectivity index (χ0) is 49.7. The van der Waals surface area contributed by atoms with Crippen molar-refractivity contribution in [2.24, 2.45) is 9.98 Å². The van der Waals surface area contributed by atoms with E-state index < -0.39 is 17.9 Å². The van der Waals surface area contributed by atoms with Gasteiger partial charge in [-0.2, -0.15) is 0 Å². The van der Waals surface area contributed by atoms with Crippen LogP contribution >= 0.6 is 0 Å². The molecule has 71 heavy (non-hydrogen) atoms. The van der Waals surface area contributed by atoms with Gasteiger partial charge in [0, 0.05) is 12.4 Å². The fourth-order valence-corrected chi connectivity index (χ4v) is 7.55. The van der Waals surface area contributed by atoms with Crippen molar-refractivity contribution in [2.45, 2.75) is 117 Å². The van der Waals surface area contributed by atoms with E-state index in [-0.39, 0.29) is 0 Å². The van der Waals surface area contributed by atoms with Gasteiger partial charge in [0.1, 0.15) is 28.7 Å². The van der Waals surface area contributed by atoms with Gasteiger partial charge in [-0.25, -0.2) is 14.4 Å². The van der Waals surface area contributed by atoms with E-state index in [0.29, 0.717) is 58.5 Å². The van der Waals surface area contributed by atoms with Crippen molar-refractivity contribution in [2.75, 3.05) is 13.2 Å². The van der Waals surface area contributed by atoms with E-state index in [4.69, 9.17) is 23.7 Å². The molecule has 0 aromatic heterocycles. The number of ether oxygens (including phenoxy) is 5. The van der Waals surface area contributed by atoms with Crippen LogP contribution in [0.3, 0.4) is 0 Å². The highest BCUT2D eigenvalue weighted by molar-refractivity contribution is 5.93. The van der Waals surface area contributed by atoms with Crippen LogP contribution in [0.2, 0.25) is 0 Å². The van der Waals surface area contributed by atoms with Crippen molar-refractivity contribution in [3.8, 4) is 28.7 Å². The molecule has 6 aromatic carbocycles. The van der Waals surface area contributed by atoms with Gasteiger partial charge < -0.3 is 23.7 Å². The van der Waals surface area contributed by atoms with Crippen molar-refractivity contribution in [1.29, 1.82) is 0 Å². The van der Waals surface area contributed by atoms with Crippen LogP contribution in [-0.2, 0) is 0 Å². The summed E-state index contributed by atoms with van der Waals surface area (Å²) in [5, 5.41) is 0. The van der Waals surface area contributed by atoms with Crippen molar-refractivity contribution in [3.63, 3.8) is 0 Å². The predicted molar refractivity (Wildman–Crippen MR) is 284 cm³/mol. The second kappa shape index (κ2) is 30.3. The second-order valence-electron chi connectivity index (χ2n) is 17.6. The summed E-state index contributed by atoms with van der Waals surface area (Å²) < 4.78 is 28.5. The maximum absolute atomic E-state index is 12.9. The molecule has 10 nitrogen and oxygen atoms in total. The van der Waals surface area contributed by atoms with Crippen LogP contribution in [0.5, 0.6) is 28.7 Å². The Balaban J connectivity index is 0.864. The van der Waals surface area contributed by atoms with Crippen molar-refractivity contribution >= 4 is 41.7 Å². The number of carbonyl (C=O) groups excluding carboxylic acids is 3. The molecular formula is C61H68N2O8. The van der Waals surface area contributed by atoms with Crippen LogP contribution in [0.15, 0.2) is 156 Å². The van der Waals surface area contributed by atoms with E-state index >= 15 is 0 Å². The van der Waals surface area contributed by atoms with Gasteiger partial charge in [-0.1, -0.05) is 116 Å². The summed E-state index contributed by atoms with van der Waals surface area (Å²) in [6.07, 6.45) is 23.3. The lowest BCUT2D eigenvalue weighted by atomic mass is 10.1. The van der Waals surface area contributed by atoms with Crippen LogP contribution in [0, 0.1) is 0 Å². The number of hydrogen-bond acceptors (Lipinski definition) is 10. The van der Waals surface area contributed by atoms with Crippen molar-refractivity contribution in [3.05, 3.63) is 173 Å². The molecule has 6 aromatic rings. The third-order valence-electron chi connectivity index (χ3n) is 11.8. The number of rotatable bonds is 30. The molecule has 0 bridgehead atoms. The maximum Gasteiger partial charge on any atom is 0.343 e. The molecule has 0 radical (unpaired) electrons. The molecule has 0 fully saturated rings. The summed E-state index contributed by atoms with van der Waals surface area (Å²) in [4.78, 5) is 47.5. The molecule has 6 rings (SSSR count). The van der Waals surface area contributed by atoms with Gasteiger partial charge in [-0.05, 0) is 157 Å². The Kier molecular flexibility index (Phi) is 22.6. The van der Waals surface area contributed by atoms with E-state index in [1.54, 1.807) is 158 Å². The van der Waals surface area contributed by atoms with E-state index in [1.165, 1.54) is 89.9 Å². The summed E-state index contributed by atoms with van der Waals surface area (Å²) in [5.74, 6) is 1.30. The van der Waals surface area contributed by atoms with Gasteiger partial charge in [0.05, 0.1) is 41.3 Å². The first-order valence-corrected chi connectivity index (χ1v) is 25.5. The monoisotopic (exact) mass is 956 g/mol. The Morgan fingerprint density at radius 2 is 0.606 bits per heavy atom. The highest BCUT2D eigenvalue weighted by Crippen LogP contribution is 2.23. The fraction of sp³-hybridized carbons (Fsp3) is 0.328. The number of hydrogen-bond donors (Lipinski definition) is 0. The molecule has 0 amide bonds. The van der Waals surface area contributed by atoms with Crippen LogP contribution in [-0.4, -0.2) is 43.6 Å². The normalized spacial score (nSPS) is 11.2. The first-order chi connectivity index (χ1) is 34.8. The van der Waals surface area contributed by atoms with E-state index in [9.17, 15) is 14.4 Å². The number of nitrogens with zero attached hydrogens (tertiary/aromatic N) is 2. The number of unbranched alkanes of at least 4 members (excludes halogenated alkanes) is 14. The van der Waals surface area contributed by atoms with E-state index in [2.05, 4.69) is 23.8 Å². The van der Waals surface area contributed by atoms with Crippen LogP contribution < -0.4 is 23.7 Å². The quantitative estimate of drug-likeness (QED) is 0.0189. The minimum atomic E-state index is -0.491. The summed E-state index contributed by atoms with van der Waals surface area (Å²) in [6.45, 7) is 5.81. The minimum absolute atomic E-state index is 0.390. The lowest BCUT2D eigenvalue weighted by Crippen LogP contribution is -2.08. The van der Waals surface area contributed by atoms with Gasteiger partial charge in [-0.15, -0.1) is 0 Å². The number of aliphatic imine (C=N–C) groups is 2. The number of carbonyl (C=O) groups is 3. The summed E-state index contributed by atoms with van der Waals surface area (Å²) in [7, 11) is 0. The Morgan fingerprint density at radius 1 is 0.338 bits per heavy atom. The summed E-state index contributed by atoms with van der Waals surface area (Å²) in [5.41, 5.74) is 4.21. The molecule has 0 aliphatic carbocycles. The predicted octanol–water partition coefficient (Wildman–Crippen LogP) is 15.9.